The highest BCUT2D eigenvalue weighted by molar-refractivity contribution is 7.90. The Morgan fingerprint density at radius 3 is 2.65 bits per heavy atom. The fraction of sp³-hybridized carbons (Fsp3) is 0.643. The average Bonchev–Trinajstić information content (AvgIpc) is 2.82. The van der Waals surface area contributed by atoms with Crippen LogP contribution >= 0.6 is 0 Å². The van der Waals surface area contributed by atoms with Crippen LogP contribution in [-0.2, 0) is 16.6 Å². The topological polar surface area (TPSA) is 53.5 Å². The van der Waals surface area contributed by atoms with Crippen molar-refractivity contribution >= 4 is 15.9 Å². The minimum absolute atomic E-state index is 0.424. The van der Waals surface area contributed by atoms with Crippen LogP contribution in [0, 0.1) is 11.8 Å². The molecule has 0 N–H and O–H groups in total. The fourth-order valence-corrected chi connectivity index (χ4v) is 5.28. The molecular weight excluding hydrogens is 274 g/mol. The Morgan fingerprint density at radius 1 is 1.25 bits per heavy atom. The van der Waals surface area contributed by atoms with E-state index in [0.717, 1.165) is 24.1 Å². The van der Waals surface area contributed by atoms with Gasteiger partial charge in [0.1, 0.15) is 0 Å². The summed E-state index contributed by atoms with van der Waals surface area (Å²) in [5, 5.41) is 0. The van der Waals surface area contributed by atoms with Gasteiger partial charge in [0, 0.05) is 32.0 Å². The van der Waals surface area contributed by atoms with E-state index >= 15 is 0 Å². The van der Waals surface area contributed by atoms with Gasteiger partial charge in [-0.05, 0) is 36.3 Å². The van der Waals surface area contributed by atoms with Crippen LogP contribution < -0.4 is 4.31 Å². The van der Waals surface area contributed by atoms with Crippen molar-refractivity contribution in [2.24, 2.45) is 11.8 Å². The molecule has 0 unspecified atom stereocenters. The Balaban J connectivity index is 1.90. The molecule has 2 atom stereocenters. The third-order valence-electron chi connectivity index (χ3n) is 4.17. The molecule has 0 spiro atoms. The molecule has 110 valence electrons. The summed E-state index contributed by atoms with van der Waals surface area (Å²) in [4.78, 5) is 4.07. The van der Waals surface area contributed by atoms with Gasteiger partial charge in [0.2, 0.25) is 0 Å². The predicted molar refractivity (Wildman–Crippen MR) is 78.7 cm³/mol. The SMILES string of the molecule is C[C@@H]1C[C@H](C)CN(S(=O)(=O)N2CCc3cnccc32)C1. The van der Waals surface area contributed by atoms with Gasteiger partial charge in [0.15, 0.2) is 0 Å². The fourth-order valence-electron chi connectivity index (χ4n) is 3.37. The molecule has 0 aromatic carbocycles. The number of pyridine rings is 1. The van der Waals surface area contributed by atoms with E-state index in [1.54, 1.807) is 27.1 Å². The lowest BCUT2D eigenvalue weighted by Crippen LogP contribution is -2.49. The quantitative estimate of drug-likeness (QED) is 0.834. The van der Waals surface area contributed by atoms with E-state index in [1.165, 1.54) is 0 Å². The van der Waals surface area contributed by atoms with Crippen molar-refractivity contribution in [1.82, 2.24) is 9.29 Å². The highest BCUT2D eigenvalue weighted by Gasteiger charge is 2.37. The Hall–Kier alpha value is -1.14. The lowest BCUT2D eigenvalue weighted by atomic mass is 9.94. The zero-order chi connectivity index (χ0) is 14.3. The van der Waals surface area contributed by atoms with E-state index in [2.05, 4.69) is 18.8 Å². The third kappa shape index (κ3) is 2.31. The monoisotopic (exact) mass is 295 g/mol. The summed E-state index contributed by atoms with van der Waals surface area (Å²) < 4.78 is 29.0. The number of piperidine rings is 1. The molecule has 1 aromatic rings. The van der Waals surface area contributed by atoms with E-state index in [0.29, 0.717) is 31.5 Å². The Kier molecular flexibility index (Phi) is 3.46. The Labute approximate surface area is 120 Å². The van der Waals surface area contributed by atoms with Crippen molar-refractivity contribution in [3.8, 4) is 0 Å². The van der Waals surface area contributed by atoms with Crippen molar-refractivity contribution in [3.05, 3.63) is 24.0 Å². The van der Waals surface area contributed by atoms with E-state index in [-0.39, 0.29) is 0 Å². The smallest absolute Gasteiger partial charge is 0.264 e. The van der Waals surface area contributed by atoms with Gasteiger partial charge in [-0.15, -0.1) is 0 Å². The van der Waals surface area contributed by atoms with Gasteiger partial charge in [-0.1, -0.05) is 13.8 Å². The second-order valence-electron chi connectivity index (χ2n) is 6.10. The molecule has 1 aromatic heterocycles. The molecule has 3 rings (SSSR count). The van der Waals surface area contributed by atoms with E-state index in [9.17, 15) is 8.42 Å². The van der Waals surface area contributed by atoms with Gasteiger partial charge in [-0.25, -0.2) is 0 Å². The molecule has 0 saturated carbocycles. The first kappa shape index (κ1) is 13.8. The van der Waals surface area contributed by atoms with Crippen LogP contribution in [-0.4, -0.2) is 37.3 Å². The molecule has 1 saturated heterocycles. The highest BCUT2D eigenvalue weighted by Crippen LogP contribution is 2.32. The largest absolute Gasteiger partial charge is 0.304 e. The number of hydrogen-bond acceptors (Lipinski definition) is 3. The van der Waals surface area contributed by atoms with Crippen LogP contribution in [0.1, 0.15) is 25.8 Å². The first-order valence-electron chi connectivity index (χ1n) is 7.19. The molecule has 5 nitrogen and oxygen atoms in total. The van der Waals surface area contributed by atoms with Crippen molar-refractivity contribution in [2.75, 3.05) is 23.9 Å². The van der Waals surface area contributed by atoms with E-state index in [4.69, 9.17) is 0 Å². The van der Waals surface area contributed by atoms with Crippen molar-refractivity contribution in [3.63, 3.8) is 0 Å². The lowest BCUT2D eigenvalue weighted by molar-refractivity contribution is 0.222. The van der Waals surface area contributed by atoms with Gasteiger partial charge in [0.25, 0.3) is 0 Å². The number of anilines is 1. The summed E-state index contributed by atoms with van der Waals surface area (Å²) >= 11 is 0. The molecule has 6 heteroatoms. The summed E-state index contributed by atoms with van der Waals surface area (Å²) in [6, 6.07) is 1.80. The third-order valence-corrected chi connectivity index (χ3v) is 6.06. The van der Waals surface area contributed by atoms with Gasteiger partial charge in [-0.3, -0.25) is 9.29 Å². The maximum absolute atomic E-state index is 12.9. The summed E-state index contributed by atoms with van der Waals surface area (Å²) in [6.07, 6.45) is 5.29. The predicted octanol–water partition coefficient (Wildman–Crippen LogP) is 1.67. The van der Waals surface area contributed by atoms with Crippen molar-refractivity contribution < 1.29 is 8.42 Å². The summed E-state index contributed by atoms with van der Waals surface area (Å²) in [5.74, 6) is 0.848. The molecule has 3 heterocycles. The van der Waals surface area contributed by atoms with Crippen molar-refractivity contribution in [2.45, 2.75) is 26.7 Å². The molecular formula is C14H21N3O2S. The van der Waals surface area contributed by atoms with Gasteiger partial charge in [-0.2, -0.15) is 12.7 Å². The Bertz CT molecular complexity index is 592. The normalized spacial score (nSPS) is 27.6. The number of fused-ring (bicyclic) bond motifs is 1. The minimum Gasteiger partial charge on any atom is -0.264 e. The van der Waals surface area contributed by atoms with Crippen LogP contribution in [0.4, 0.5) is 5.69 Å². The first-order valence-corrected chi connectivity index (χ1v) is 8.59. The molecule has 0 radical (unpaired) electrons. The van der Waals surface area contributed by atoms with Crippen LogP contribution in [0.3, 0.4) is 0 Å². The second-order valence-corrected chi connectivity index (χ2v) is 7.95. The van der Waals surface area contributed by atoms with E-state index in [1.807, 2.05) is 0 Å². The molecule has 0 bridgehead atoms. The zero-order valence-electron chi connectivity index (χ0n) is 12.0. The van der Waals surface area contributed by atoms with Gasteiger partial charge < -0.3 is 0 Å². The molecule has 2 aliphatic heterocycles. The van der Waals surface area contributed by atoms with Crippen LogP contribution in [0.5, 0.6) is 0 Å². The summed E-state index contributed by atoms with van der Waals surface area (Å²) in [5.41, 5.74) is 1.82. The highest BCUT2D eigenvalue weighted by atomic mass is 32.2. The van der Waals surface area contributed by atoms with E-state index < -0.39 is 10.2 Å². The van der Waals surface area contributed by atoms with Gasteiger partial charge in [0.05, 0.1) is 5.69 Å². The second kappa shape index (κ2) is 5.00. The zero-order valence-corrected chi connectivity index (χ0v) is 12.8. The first-order chi connectivity index (χ1) is 9.48. The average molecular weight is 295 g/mol. The lowest BCUT2D eigenvalue weighted by Gasteiger charge is -2.36. The minimum atomic E-state index is -3.40. The molecule has 2 aliphatic rings. The number of hydrogen-bond donors (Lipinski definition) is 0. The number of nitrogens with zero attached hydrogens (tertiary/aromatic N) is 3. The Morgan fingerprint density at radius 2 is 1.95 bits per heavy atom. The van der Waals surface area contributed by atoms with Crippen LogP contribution in [0.25, 0.3) is 0 Å². The van der Waals surface area contributed by atoms with Crippen LogP contribution in [0.15, 0.2) is 18.5 Å². The standard InChI is InChI=1S/C14H21N3O2S/c1-11-7-12(2)10-16(9-11)20(18,19)17-6-4-13-8-15-5-3-14(13)17/h3,5,8,11-12H,4,6-7,9-10H2,1-2H3/t11-,12+. The van der Waals surface area contributed by atoms with Gasteiger partial charge >= 0.3 is 10.2 Å². The summed E-state index contributed by atoms with van der Waals surface area (Å²) in [7, 11) is -3.40. The number of rotatable bonds is 2. The molecule has 1 fully saturated rings. The maximum atomic E-state index is 12.9. The molecule has 0 aliphatic carbocycles. The molecule has 0 amide bonds. The summed E-state index contributed by atoms with van der Waals surface area (Å²) in [6.45, 7) is 6.04. The maximum Gasteiger partial charge on any atom is 0.304 e. The number of aromatic nitrogens is 1. The molecule has 20 heavy (non-hydrogen) atoms. The van der Waals surface area contributed by atoms with Crippen molar-refractivity contribution in [1.29, 1.82) is 0 Å². The van der Waals surface area contributed by atoms with Crippen LogP contribution in [0.2, 0.25) is 0 Å².